The number of ether oxygens (including phenoxy) is 1. The van der Waals surface area contributed by atoms with Crippen molar-refractivity contribution in [2.75, 3.05) is 7.05 Å². The van der Waals surface area contributed by atoms with E-state index in [4.69, 9.17) is 16.3 Å². The van der Waals surface area contributed by atoms with Crippen molar-refractivity contribution in [1.82, 2.24) is 10.3 Å². The molecule has 1 N–H and O–H groups in total. The van der Waals surface area contributed by atoms with Crippen LogP contribution >= 0.6 is 22.9 Å². The number of alkyl halides is 3. The van der Waals surface area contributed by atoms with Gasteiger partial charge in [0.25, 0.3) is 5.91 Å². The number of carbonyl (C=O) groups excluding carboxylic acids is 1. The maximum Gasteiger partial charge on any atom is 0.416 e. The highest BCUT2D eigenvalue weighted by Gasteiger charge is 2.30. The normalized spacial score (nSPS) is 11.6. The number of pyridine rings is 1. The van der Waals surface area contributed by atoms with Gasteiger partial charge in [0.05, 0.1) is 21.3 Å². The van der Waals surface area contributed by atoms with E-state index in [0.717, 1.165) is 23.5 Å². The Labute approximate surface area is 149 Å². The summed E-state index contributed by atoms with van der Waals surface area (Å²) < 4.78 is 44.0. The molecule has 0 aliphatic carbocycles. The average molecular weight is 387 g/mol. The van der Waals surface area contributed by atoms with E-state index in [1.807, 2.05) is 0 Å². The molecule has 0 saturated heterocycles. The summed E-state index contributed by atoms with van der Waals surface area (Å²) in [5.74, 6) is 0.231. The molecule has 1 amide bonds. The van der Waals surface area contributed by atoms with Crippen LogP contribution in [0.3, 0.4) is 0 Å². The lowest BCUT2D eigenvalue weighted by Crippen LogP contribution is -2.15. The molecular formula is C16H10ClF3N2O2S. The minimum absolute atomic E-state index is 0.214. The fourth-order valence-electron chi connectivity index (χ4n) is 2.13. The topological polar surface area (TPSA) is 51.2 Å². The van der Waals surface area contributed by atoms with Gasteiger partial charge in [-0.3, -0.25) is 4.79 Å². The summed E-state index contributed by atoms with van der Waals surface area (Å²) in [4.78, 5) is 16.2. The van der Waals surface area contributed by atoms with Crippen LogP contribution in [-0.4, -0.2) is 17.9 Å². The van der Waals surface area contributed by atoms with E-state index in [0.29, 0.717) is 20.7 Å². The fraction of sp³-hybridized carbons (Fsp3) is 0.125. The van der Waals surface area contributed by atoms with Crippen LogP contribution in [0.1, 0.15) is 15.2 Å². The van der Waals surface area contributed by atoms with Crippen molar-refractivity contribution >= 4 is 38.9 Å². The second-order valence-corrected chi connectivity index (χ2v) is 6.38. The van der Waals surface area contributed by atoms with Crippen LogP contribution < -0.4 is 10.1 Å². The SMILES string of the molecule is CNC(=O)c1cc2c(Oc3ccc(C(F)(F)F)cc3)cnc(Cl)c2s1. The number of fused-ring (bicyclic) bond motifs is 1. The van der Waals surface area contributed by atoms with Gasteiger partial charge >= 0.3 is 6.18 Å². The Morgan fingerprint density at radius 3 is 2.56 bits per heavy atom. The van der Waals surface area contributed by atoms with Crippen LogP contribution in [0.25, 0.3) is 10.1 Å². The Balaban J connectivity index is 1.97. The van der Waals surface area contributed by atoms with Crippen molar-refractivity contribution in [1.29, 1.82) is 0 Å². The molecule has 0 unspecified atom stereocenters. The van der Waals surface area contributed by atoms with Crippen LogP contribution in [0.15, 0.2) is 36.5 Å². The highest BCUT2D eigenvalue weighted by atomic mass is 35.5. The Morgan fingerprint density at radius 1 is 1.28 bits per heavy atom. The molecule has 0 saturated carbocycles. The van der Waals surface area contributed by atoms with E-state index in [-0.39, 0.29) is 16.8 Å². The second-order valence-electron chi connectivity index (χ2n) is 4.97. The minimum Gasteiger partial charge on any atom is -0.455 e. The zero-order chi connectivity index (χ0) is 18.2. The molecule has 0 atom stereocenters. The van der Waals surface area contributed by atoms with Crippen LogP contribution in [0.2, 0.25) is 5.15 Å². The zero-order valence-corrected chi connectivity index (χ0v) is 14.2. The molecule has 9 heteroatoms. The number of hydrogen-bond acceptors (Lipinski definition) is 4. The van der Waals surface area contributed by atoms with Gasteiger partial charge < -0.3 is 10.1 Å². The molecule has 25 heavy (non-hydrogen) atoms. The van der Waals surface area contributed by atoms with Crippen LogP contribution in [0.4, 0.5) is 13.2 Å². The number of halogens is 4. The number of aromatic nitrogens is 1. The maximum atomic E-state index is 12.6. The van der Waals surface area contributed by atoms with E-state index >= 15 is 0 Å². The summed E-state index contributed by atoms with van der Waals surface area (Å²) in [6, 6.07) is 5.90. The van der Waals surface area contributed by atoms with E-state index in [1.54, 1.807) is 6.07 Å². The molecule has 2 aromatic heterocycles. The molecule has 3 rings (SSSR count). The van der Waals surface area contributed by atoms with Gasteiger partial charge in [0.2, 0.25) is 0 Å². The number of amides is 1. The average Bonchev–Trinajstić information content (AvgIpc) is 3.03. The summed E-state index contributed by atoms with van der Waals surface area (Å²) >= 11 is 7.20. The van der Waals surface area contributed by atoms with E-state index in [1.165, 1.54) is 25.4 Å². The summed E-state index contributed by atoms with van der Waals surface area (Å²) in [5, 5.41) is 3.29. The number of nitrogens with zero attached hydrogens (tertiary/aromatic N) is 1. The monoisotopic (exact) mass is 386 g/mol. The molecule has 0 aliphatic rings. The molecule has 0 bridgehead atoms. The summed E-state index contributed by atoms with van der Waals surface area (Å²) in [5.41, 5.74) is -0.767. The first-order valence-corrected chi connectivity index (χ1v) is 8.14. The summed E-state index contributed by atoms with van der Waals surface area (Å²) in [6.45, 7) is 0. The van der Waals surface area contributed by atoms with Gasteiger partial charge in [-0.15, -0.1) is 11.3 Å². The lowest BCUT2D eigenvalue weighted by atomic mass is 10.2. The van der Waals surface area contributed by atoms with Gasteiger partial charge in [0.15, 0.2) is 5.75 Å². The number of benzene rings is 1. The molecule has 0 aliphatic heterocycles. The Bertz CT molecular complexity index is 939. The lowest BCUT2D eigenvalue weighted by Gasteiger charge is -2.09. The standard InChI is InChI=1S/C16H10ClF3N2O2S/c1-21-15(23)12-6-10-11(7-22-14(17)13(10)25-12)24-9-4-2-8(3-5-9)16(18,19)20/h2-7H,1H3,(H,21,23). The molecule has 3 aromatic rings. The first-order chi connectivity index (χ1) is 11.8. The summed E-state index contributed by atoms with van der Waals surface area (Å²) in [6.07, 6.45) is -3.05. The van der Waals surface area contributed by atoms with Gasteiger partial charge in [-0.05, 0) is 30.3 Å². The number of hydrogen-bond donors (Lipinski definition) is 1. The molecule has 0 spiro atoms. The van der Waals surface area contributed by atoms with Gasteiger partial charge in [-0.2, -0.15) is 13.2 Å². The molecule has 0 fully saturated rings. The lowest BCUT2D eigenvalue weighted by molar-refractivity contribution is -0.137. The number of carbonyl (C=O) groups is 1. The number of thiophene rings is 1. The smallest absolute Gasteiger partial charge is 0.416 e. The van der Waals surface area contributed by atoms with E-state index in [9.17, 15) is 18.0 Å². The van der Waals surface area contributed by atoms with Crippen LogP contribution in [0, 0.1) is 0 Å². The van der Waals surface area contributed by atoms with Crippen molar-refractivity contribution < 1.29 is 22.7 Å². The quantitative estimate of drug-likeness (QED) is 0.635. The molecule has 2 heterocycles. The van der Waals surface area contributed by atoms with Crippen LogP contribution in [0.5, 0.6) is 11.5 Å². The van der Waals surface area contributed by atoms with Crippen molar-refractivity contribution in [3.05, 3.63) is 52.1 Å². The first-order valence-electron chi connectivity index (χ1n) is 6.95. The van der Waals surface area contributed by atoms with E-state index in [2.05, 4.69) is 10.3 Å². The summed E-state index contributed by atoms with van der Waals surface area (Å²) in [7, 11) is 1.51. The number of nitrogens with one attached hydrogen (secondary N) is 1. The largest absolute Gasteiger partial charge is 0.455 e. The Hall–Kier alpha value is -2.32. The predicted octanol–water partition coefficient (Wildman–Crippen LogP) is 5.12. The van der Waals surface area contributed by atoms with Crippen molar-refractivity contribution in [2.45, 2.75) is 6.18 Å². The van der Waals surface area contributed by atoms with Crippen LogP contribution in [-0.2, 0) is 6.18 Å². The van der Waals surface area contributed by atoms with E-state index < -0.39 is 11.7 Å². The number of rotatable bonds is 3. The fourth-order valence-corrected chi connectivity index (χ4v) is 3.39. The molecule has 1 aromatic carbocycles. The van der Waals surface area contributed by atoms with Crippen molar-refractivity contribution in [2.24, 2.45) is 0 Å². The third-order valence-corrected chi connectivity index (χ3v) is 4.88. The second kappa shape index (κ2) is 6.53. The maximum absolute atomic E-state index is 12.6. The molecule has 130 valence electrons. The van der Waals surface area contributed by atoms with Gasteiger partial charge in [-0.1, -0.05) is 11.6 Å². The zero-order valence-electron chi connectivity index (χ0n) is 12.6. The van der Waals surface area contributed by atoms with Gasteiger partial charge in [-0.25, -0.2) is 4.98 Å². The van der Waals surface area contributed by atoms with Gasteiger partial charge in [0, 0.05) is 12.4 Å². The van der Waals surface area contributed by atoms with Gasteiger partial charge in [0.1, 0.15) is 10.9 Å². The molecule has 0 radical (unpaired) electrons. The third-order valence-electron chi connectivity index (χ3n) is 3.34. The highest BCUT2D eigenvalue weighted by molar-refractivity contribution is 7.21. The van der Waals surface area contributed by atoms with Crippen molar-refractivity contribution in [3.8, 4) is 11.5 Å². The first kappa shape index (κ1) is 17.5. The Kier molecular flexibility index (Phi) is 4.57. The van der Waals surface area contributed by atoms with Crippen molar-refractivity contribution in [3.63, 3.8) is 0 Å². The third kappa shape index (κ3) is 3.54. The highest BCUT2D eigenvalue weighted by Crippen LogP contribution is 2.38. The molecule has 4 nitrogen and oxygen atoms in total. The Morgan fingerprint density at radius 2 is 1.96 bits per heavy atom. The minimum atomic E-state index is -4.41. The molecular weight excluding hydrogens is 377 g/mol. The predicted molar refractivity (Wildman–Crippen MR) is 89.5 cm³/mol.